The van der Waals surface area contributed by atoms with Crippen LogP contribution in [0.25, 0.3) is 0 Å². The minimum Gasteiger partial charge on any atom is -0.247 e. The van der Waals surface area contributed by atoms with Gasteiger partial charge in [0.05, 0.1) is 5.75 Å². The van der Waals surface area contributed by atoms with Gasteiger partial charge in [-0.1, -0.05) is 0 Å². The first kappa shape index (κ1) is 10.7. The zero-order valence-corrected chi connectivity index (χ0v) is 6.92. The van der Waals surface area contributed by atoms with Crippen LogP contribution in [0.1, 0.15) is 0 Å². The van der Waals surface area contributed by atoms with E-state index in [1.54, 1.807) is 0 Å². The SMILES string of the molecule is O=S1(=O)CC(F)(CF)C(F)C1(F)F. The summed E-state index contributed by atoms with van der Waals surface area (Å²) in [7, 11) is -5.22. The van der Waals surface area contributed by atoms with Crippen LogP contribution in [-0.4, -0.2) is 37.9 Å². The van der Waals surface area contributed by atoms with E-state index in [2.05, 4.69) is 0 Å². The summed E-state index contributed by atoms with van der Waals surface area (Å²) in [6.45, 7) is -2.08. The fraction of sp³-hybridized carbons (Fsp3) is 1.00. The van der Waals surface area contributed by atoms with E-state index in [1.165, 1.54) is 0 Å². The molecule has 1 aliphatic heterocycles. The Morgan fingerprint density at radius 3 is 1.92 bits per heavy atom. The molecule has 78 valence electrons. The molecule has 2 atom stereocenters. The van der Waals surface area contributed by atoms with Crippen molar-refractivity contribution in [1.29, 1.82) is 0 Å². The smallest absolute Gasteiger partial charge is 0.247 e. The summed E-state index contributed by atoms with van der Waals surface area (Å²) in [5.41, 5.74) is -3.61. The van der Waals surface area contributed by atoms with Gasteiger partial charge in [-0.05, 0) is 0 Å². The van der Waals surface area contributed by atoms with E-state index in [0.29, 0.717) is 0 Å². The van der Waals surface area contributed by atoms with Crippen LogP contribution < -0.4 is 0 Å². The quantitative estimate of drug-likeness (QED) is 0.623. The first-order valence-electron chi connectivity index (χ1n) is 3.16. The maximum atomic E-state index is 12.8. The Kier molecular flexibility index (Phi) is 2.10. The van der Waals surface area contributed by atoms with Gasteiger partial charge in [-0.2, -0.15) is 8.78 Å². The number of sulfone groups is 1. The lowest BCUT2D eigenvalue weighted by atomic mass is 10.1. The normalized spacial score (nSPS) is 42.1. The molecule has 13 heavy (non-hydrogen) atoms. The summed E-state index contributed by atoms with van der Waals surface area (Å²) in [4.78, 5) is 0. The number of hydrogen-bond acceptors (Lipinski definition) is 2. The molecule has 1 heterocycles. The molecule has 0 aliphatic carbocycles. The predicted molar refractivity (Wildman–Crippen MR) is 33.4 cm³/mol. The molecule has 2 unspecified atom stereocenters. The standard InChI is InChI=1S/C5H5F5O2S/c6-1-4(8)2-13(11,12)5(9,10)3(4)7/h3H,1-2H2. The van der Waals surface area contributed by atoms with Gasteiger partial charge in [0, 0.05) is 0 Å². The van der Waals surface area contributed by atoms with Gasteiger partial charge in [0.1, 0.15) is 6.67 Å². The molecule has 2 nitrogen and oxygen atoms in total. The van der Waals surface area contributed by atoms with Crippen molar-refractivity contribution in [3.63, 3.8) is 0 Å². The third-order valence-corrected chi connectivity index (χ3v) is 3.71. The van der Waals surface area contributed by atoms with Gasteiger partial charge < -0.3 is 0 Å². The van der Waals surface area contributed by atoms with E-state index in [9.17, 15) is 30.4 Å². The van der Waals surface area contributed by atoms with Crippen molar-refractivity contribution in [2.24, 2.45) is 0 Å². The van der Waals surface area contributed by atoms with E-state index in [0.717, 1.165) is 0 Å². The lowest BCUT2D eigenvalue weighted by molar-refractivity contribution is -0.0591. The molecular weight excluding hydrogens is 219 g/mol. The van der Waals surface area contributed by atoms with Crippen molar-refractivity contribution in [2.45, 2.75) is 17.1 Å². The molecule has 8 heteroatoms. The lowest BCUT2D eigenvalue weighted by Crippen LogP contribution is -2.41. The summed E-state index contributed by atoms with van der Waals surface area (Å²) in [6, 6.07) is 0. The molecule has 1 rings (SSSR count). The van der Waals surface area contributed by atoms with Gasteiger partial charge >= 0.3 is 5.25 Å². The molecular formula is C5H5F5O2S. The molecule has 1 fully saturated rings. The maximum Gasteiger partial charge on any atom is 0.379 e. The number of halogens is 5. The van der Waals surface area contributed by atoms with Crippen LogP contribution in [0.4, 0.5) is 22.0 Å². The summed E-state index contributed by atoms with van der Waals surface area (Å²) in [5, 5.41) is -4.83. The summed E-state index contributed by atoms with van der Waals surface area (Å²) in [6.07, 6.45) is -3.63. The van der Waals surface area contributed by atoms with Crippen LogP contribution in [0.3, 0.4) is 0 Å². The van der Waals surface area contributed by atoms with Gasteiger partial charge in [0.25, 0.3) is 0 Å². The Labute approximate surface area is 70.6 Å². The average molecular weight is 224 g/mol. The van der Waals surface area contributed by atoms with Crippen LogP contribution in [0.5, 0.6) is 0 Å². The molecule has 0 saturated carbocycles. The molecule has 0 aromatic carbocycles. The summed E-state index contributed by atoms with van der Waals surface area (Å²) < 4.78 is 82.9. The summed E-state index contributed by atoms with van der Waals surface area (Å²) in [5.74, 6) is -1.81. The van der Waals surface area contributed by atoms with Crippen molar-refractivity contribution < 1.29 is 30.4 Å². The van der Waals surface area contributed by atoms with E-state index >= 15 is 0 Å². The average Bonchev–Trinajstić information content (AvgIpc) is 2.11. The van der Waals surface area contributed by atoms with Gasteiger partial charge in [-0.25, -0.2) is 21.6 Å². The minimum atomic E-state index is -5.22. The van der Waals surface area contributed by atoms with Gasteiger partial charge in [0.15, 0.2) is 5.67 Å². The first-order chi connectivity index (χ1) is 5.67. The molecule has 0 aromatic rings. The molecule has 1 aliphatic rings. The Morgan fingerprint density at radius 2 is 1.77 bits per heavy atom. The second kappa shape index (κ2) is 2.55. The Balaban J connectivity index is 3.21. The second-order valence-corrected chi connectivity index (χ2v) is 4.91. The van der Waals surface area contributed by atoms with Gasteiger partial charge in [0.2, 0.25) is 16.0 Å². The molecule has 1 saturated heterocycles. The van der Waals surface area contributed by atoms with E-state index < -0.39 is 39.4 Å². The molecule has 0 aromatic heterocycles. The first-order valence-corrected chi connectivity index (χ1v) is 4.82. The maximum absolute atomic E-state index is 12.8. The number of hydrogen-bond donors (Lipinski definition) is 0. The zero-order chi connectivity index (χ0) is 10.5. The van der Waals surface area contributed by atoms with Crippen LogP contribution >= 0.6 is 0 Å². The molecule has 0 N–H and O–H groups in total. The molecule has 0 spiro atoms. The largest absolute Gasteiger partial charge is 0.379 e. The van der Waals surface area contributed by atoms with Crippen LogP contribution in [0.15, 0.2) is 0 Å². The molecule has 0 radical (unpaired) electrons. The van der Waals surface area contributed by atoms with Crippen molar-refractivity contribution >= 4 is 9.84 Å². The van der Waals surface area contributed by atoms with Gasteiger partial charge in [-0.3, -0.25) is 0 Å². The molecule has 0 amide bonds. The fourth-order valence-corrected chi connectivity index (χ4v) is 2.62. The highest BCUT2D eigenvalue weighted by Crippen LogP contribution is 2.45. The lowest BCUT2D eigenvalue weighted by Gasteiger charge is -2.17. The number of rotatable bonds is 1. The van der Waals surface area contributed by atoms with Crippen LogP contribution in [0, 0.1) is 0 Å². The van der Waals surface area contributed by atoms with E-state index in [4.69, 9.17) is 0 Å². The monoisotopic (exact) mass is 224 g/mol. The topological polar surface area (TPSA) is 34.1 Å². The van der Waals surface area contributed by atoms with Crippen molar-refractivity contribution in [3.8, 4) is 0 Å². The minimum absolute atomic E-state index is 1.81. The fourth-order valence-electron chi connectivity index (χ4n) is 1.05. The second-order valence-electron chi connectivity index (χ2n) is 2.85. The van der Waals surface area contributed by atoms with Crippen molar-refractivity contribution in [1.82, 2.24) is 0 Å². The highest BCUT2D eigenvalue weighted by Gasteiger charge is 2.71. The van der Waals surface area contributed by atoms with Crippen molar-refractivity contribution in [3.05, 3.63) is 0 Å². The van der Waals surface area contributed by atoms with Crippen molar-refractivity contribution in [2.75, 3.05) is 12.4 Å². The Hall–Kier alpha value is -0.400. The van der Waals surface area contributed by atoms with Crippen LogP contribution in [0.2, 0.25) is 0 Å². The highest BCUT2D eigenvalue weighted by molar-refractivity contribution is 7.92. The van der Waals surface area contributed by atoms with Gasteiger partial charge in [-0.15, -0.1) is 0 Å². The zero-order valence-electron chi connectivity index (χ0n) is 6.11. The summed E-state index contributed by atoms with van der Waals surface area (Å²) >= 11 is 0. The Bertz CT molecular complexity index is 313. The number of alkyl halides is 5. The predicted octanol–water partition coefficient (Wildman–Crippen LogP) is 1.02. The van der Waals surface area contributed by atoms with E-state index in [-0.39, 0.29) is 0 Å². The highest BCUT2D eigenvalue weighted by atomic mass is 32.2. The third-order valence-electron chi connectivity index (χ3n) is 1.82. The van der Waals surface area contributed by atoms with Crippen LogP contribution in [-0.2, 0) is 9.84 Å². The third kappa shape index (κ3) is 1.22. The Morgan fingerprint density at radius 1 is 1.31 bits per heavy atom. The van der Waals surface area contributed by atoms with E-state index in [1.807, 2.05) is 0 Å². The molecule has 0 bridgehead atoms.